The first kappa shape index (κ1) is 24.1. The maximum atomic E-state index is 13.0. The number of halogens is 3. The van der Waals surface area contributed by atoms with E-state index in [0.29, 0.717) is 36.4 Å². The highest BCUT2D eigenvalue weighted by atomic mass is 32.1. The van der Waals surface area contributed by atoms with Crippen molar-refractivity contribution in [1.82, 2.24) is 15.0 Å². The molecule has 2 aromatic heterocycles. The highest BCUT2D eigenvalue weighted by Gasteiger charge is 2.44. The van der Waals surface area contributed by atoms with Crippen LogP contribution in [0, 0.1) is 12.3 Å². The van der Waals surface area contributed by atoms with Gasteiger partial charge in [-0.1, -0.05) is 13.0 Å². The van der Waals surface area contributed by atoms with Gasteiger partial charge in [-0.15, -0.1) is 11.3 Å². The van der Waals surface area contributed by atoms with Gasteiger partial charge in [-0.05, 0) is 61.9 Å². The van der Waals surface area contributed by atoms with Crippen molar-refractivity contribution in [3.63, 3.8) is 0 Å². The summed E-state index contributed by atoms with van der Waals surface area (Å²) in [6.45, 7) is 3.68. The van der Waals surface area contributed by atoms with E-state index in [1.165, 1.54) is 11.3 Å². The SMILES string of the molecule is Cc1cc(Nc2nccc(C(F)(F)F)n2)cc(-c2cnc([C@]3(O)CC[C@@](C)(C(N)=O)CC3)s2)c1. The number of hydrogen-bond donors (Lipinski definition) is 3. The van der Waals surface area contributed by atoms with Crippen LogP contribution in [-0.4, -0.2) is 26.0 Å². The normalized spacial score (nSPS) is 23.0. The molecule has 0 atom stereocenters. The molecule has 0 radical (unpaired) electrons. The molecule has 1 amide bonds. The Bertz CT molecular complexity index is 1220. The highest BCUT2D eigenvalue weighted by Crippen LogP contribution is 2.47. The summed E-state index contributed by atoms with van der Waals surface area (Å²) in [4.78, 5) is 24.4. The number of aliphatic hydroxyl groups is 1. The molecule has 1 fully saturated rings. The van der Waals surface area contributed by atoms with Crippen molar-refractivity contribution < 1.29 is 23.1 Å². The Balaban J connectivity index is 1.56. The maximum absolute atomic E-state index is 13.0. The van der Waals surface area contributed by atoms with Crippen LogP contribution in [0.4, 0.5) is 24.8 Å². The van der Waals surface area contributed by atoms with Crippen molar-refractivity contribution >= 4 is 28.9 Å². The van der Waals surface area contributed by atoms with Gasteiger partial charge in [0.1, 0.15) is 16.3 Å². The Hall–Kier alpha value is -3.05. The lowest BCUT2D eigenvalue weighted by atomic mass is 9.69. The summed E-state index contributed by atoms with van der Waals surface area (Å²) in [5.74, 6) is -0.524. The molecule has 2 heterocycles. The summed E-state index contributed by atoms with van der Waals surface area (Å²) in [7, 11) is 0. The number of thiazole rings is 1. The number of nitrogens with zero attached hydrogens (tertiary/aromatic N) is 3. The topological polar surface area (TPSA) is 114 Å². The standard InChI is InChI=1S/C23H24F3N5O2S/c1-13-9-14(11-15(10-13)30-20-28-8-3-17(31-20)23(24,25)26)16-12-29-19(34-16)22(33)6-4-21(2,5-7-22)18(27)32/h3,8-12,33H,4-7H2,1-2H3,(H2,27,32)(H,28,30,31)/t21-,22+. The first-order chi connectivity index (χ1) is 15.9. The number of rotatable bonds is 5. The van der Waals surface area contributed by atoms with Gasteiger partial charge in [0.25, 0.3) is 0 Å². The fourth-order valence-corrected chi connectivity index (χ4v) is 5.05. The van der Waals surface area contributed by atoms with E-state index in [-0.39, 0.29) is 11.9 Å². The van der Waals surface area contributed by atoms with E-state index >= 15 is 0 Å². The second-order valence-corrected chi connectivity index (χ2v) is 9.99. The molecular weight excluding hydrogens is 467 g/mol. The number of hydrogen-bond acceptors (Lipinski definition) is 7. The van der Waals surface area contributed by atoms with Crippen molar-refractivity contribution in [1.29, 1.82) is 0 Å². The lowest BCUT2D eigenvalue weighted by Gasteiger charge is -2.39. The summed E-state index contributed by atoms with van der Waals surface area (Å²) < 4.78 is 38.9. The number of amides is 1. The zero-order chi connectivity index (χ0) is 24.7. The van der Waals surface area contributed by atoms with Gasteiger partial charge >= 0.3 is 6.18 Å². The van der Waals surface area contributed by atoms with Gasteiger partial charge in [-0.25, -0.2) is 15.0 Å². The third-order valence-electron chi connectivity index (χ3n) is 6.24. The first-order valence-corrected chi connectivity index (χ1v) is 11.5. The number of carbonyl (C=O) groups excluding carboxylic acids is 1. The Labute approximate surface area is 198 Å². The number of nitrogens with one attached hydrogen (secondary N) is 1. The second kappa shape index (κ2) is 8.62. The summed E-state index contributed by atoms with van der Waals surface area (Å²) in [6.07, 6.45) is -0.131. The van der Waals surface area contributed by atoms with E-state index in [0.717, 1.165) is 28.3 Å². The molecule has 1 saturated carbocycles. The fourth-order valence-electron chi connectivity index (χ4n) is 4.00. The van der Waals surface area contributed by atoms with Crippen LogP contribution in [0.3, 0.4) is 0 Å². The average molecular weight is 492 g/mol. The molecule has 1 aliphatic rings. The summed E-state index contributed by atoms with van der Waals surface area (Å²) in [5, 5.41) is 14.6. The van der Waals surface area contributed by atoms with Crippen LogP contribution in [0.15, 0.2) is 36.7 Å². The molecule has 4 N–H and O–H groups in total. The number of alkyl halides is 3. The highest BCUT2D eigenvalue weighted by molar-refractivity contribution is 7.15. The Morgan fingerprint density at radius 1 is 1.18 bits per heavy atom. The van der Waals surface area contributed by atoms with E-state index in [2.05, 4.69) is 20.3 Å². The van der Waals surface area contributed by atoms with E-state index in [9.17, 15) is 23.1 Å². The Kier molecular flexibility index (Phi) is 6.11. The zero-order valence-electron chi connectivity index (χ0n) is 18.6. The molecule has 0 spiro atoms. The number of benzene rings is 1. The van der Waals surface area contributed by atoms with Crippen LogP contribution in [-0.2, 0) is 16.6 Å². The minimum absolute atomic E-state index is 0.162. The Morgan fingerprint density at radius 3 is 2.53 bits per heavy atom. The largest absolute Gasteiger partial charge is 0.433 e. The molecule has 11 heteroatoms. The van der Waals surface area contributed by atoms with Gasteiger partial charge in [0.15, 0.2) is 0 Å². The van der Waals surface area contributed by atoms with Crippen molar-refractivity contribution in [3.05, 3.63) is 52.9 Å². The van der Waals surface area contributed by atoms with Gasteiger partial charge in [-0.2, -0.15) is 13.2 Å². The van der Waals surface area contributed by atoms with Crippen LogP contribution in [0.25, 0.3) is 10.4 Å². The van der Waals surface area contributed by atoms with Crippen LogP contribution >= 0.6 is 11.3 Å². The van der Waals surface area contributed by atoms with E-state index in [1.807, 2.05) is 19.9 Å². The van der Waals surface area contributed by atoms with E-state index in [1.54, 1.807) is 18.3 Å². The lowest BCUT2D eigenvalue weighted by molar-refractivity contribution is -0.141. The molecule has 0 saturated heterocycles. The number of nitrogens with two attached hydrogens (primary N) is 1. The minimum atomic E-state index is -4.57. The van der Waals surface area contributed by atoms with Crippen molar-refractivity contribution in [2.45, 2.75) is 51.3 Å². The first-order valence-electron chi connectivity index (χ1n) is 10.7. The molecule has 1 aliphatic carbocycles. The monoisotopic (exact) mass is 491 g/mol. The number of primary amides is 1. The fraction of sp³-hybridized carbons (Fsp3) is 0.391. The lowest BCUT2D eigenvalue weighted by Crippen LogP contribution is -2.42. The molecule has 0 bridgehead atoms. The summed E-state index contributed by atoms with van der Waals surface area (Å²) in [5.41, 5.74) is 4.92. The van der Waals surface area contributed by atoms with E-state index in [4.69, 9.17) is 5.73 Å². The van der Waals surface area contributed by atoms with Crippen molar-refractivity contribution in [2.24, 2.45) is 11.1 Å². The van der Waals surface area contributed by atoms with Crippen LogP contribution in [0.2, 0.25) is 0 Å². The van der Waals surface area contributed by atoms with Gasteiger partial charge in [0.2, 0.25) is 11.9 Å². The summed E-state index contributed by atoms with van der Waals surface area (Å²) in [6, 6.07) is 6.27. The van der Waals surface area contributed by atoms with Crippen molar-refractivity contribution in [2.75, 3.05) is 5.32 Å². The third kappa shape index (κ3) is 4.90. The molecule has 0 aliphatic heterocycles. The molecule has 4 rings (SSSR count). The van der Waals surface area contributed by atoms with Gasteiger partial charge in [0.05, 0.1) is 4.88 Å². The molecule has 0 unspecified atom stereocenters. The predicted molar refractivity (Wildman–Crippen MR) is 122 cm³/mol. The predicted octanol–water partition coefficient (Wildman–Crippen LogP) is 4.92. The Morgan fingerprint density at radius 2 is 1.88 bits per heavy atom. The zero-order valence-corrected chi connectivity index (χ0v) is 19.4. The number of aromatic nitrogens is 3. The number of carbonyl (C=O) groups is 1. The molecule has 34 heavy (non-hydrogen) atoms. The van der Waals surface area contributed by atoms with Gasteiger partial charge in [0, 0.05) is 23.5 Å². The quantitative estimate of drug-likeness (QED) is 0.467. The number of anilines is 2. The van der Waals surface area contributed by atoms with Gasteiger partial charge < -0.3 is 16.2 Å². The van der Waals surface area contributed by atoms with Gasteiger partial charge in [-0.3, -0.25) is 4.79 Å². The maximum Gasteiger partial charge on any atom is 0.433 e. The molecule has 180 valence electrons. The van der Waals surface area contributed by atoms with Crippen LogP contribution < -0.4 is 11.1 Å². The molecule has 1 aromatic carbocycles. The molecular formula is C23H24F3N5O2S. The number of aryl methyl sites for hydroxylation is 1. The minimum Gasteiger partial charge on any atom is -0.383 e. The average Bonchev–Trinajstić information content (AvgIpc) is 3.26. The second-order valence-electron chi connectivity index (χ2n) is 8.96. The van der Waals surface area contributed by atoms with E-state index < -0.39 is 22.9 Å². The van der Waals surface area contributed by atoms with Crippen LogP contribution in [0.5, 0.6) is 0 Å². The molecule has 7 nitrogen and oxygen atoms in total. The third-order valence-corrected chi connectivity index (χ3v) is 7.48. The molecule has 3 aromatic rings. The van der Waals surface area contributed by atoms with Crippen LogP contribution in [0.1, 0.15) is 48.9 Å². The summed E-state index contributed by atoms with van der Waals surface area (Å²) >= 11 is 1.34. The van der Waals surface area contributed by atoms with Crippen molar-refractivity contribution in [3.8, 4) is 10.4 Å². The smallest absolute Gasteiger partial charge is 0.383 e.